The molecule has 0 fully saturated rings. The highest BCUT2D eigenvalue weighted by atomic mass is 35.5. The van der Waals surface area contributed by atoms with Crippen molar-refractivity contribution in [1.29, 1.82) is 0 Å². The predicted octanol–water partition coefficient (Wildman–Crippen LogP) is 1.70. The van der Waals surface area contributed by atoms with Crippen LogP contribution in [0.15, 0.2) is 36.4 Å². The molecule has 1 N–H and O–H groups in total. The summed E-state index contributed by atoms with van der Waals surface area (Å²) in [5.41, 5.74) is 2.90. The summed E-state index contributed by atoms with van der Waals surface area (Å²) in [6.45, 7) is 0.188. The number of nitrogens with zero attached hydrogens (tertiary/aromatic N) is 3. The standard InChI is InChI=1S/C14H13ClN4O3S/c1-22-10-3-5-14-12(7-10)17-18-19(14)13-4-2-9(6-11(13)15)8-16-23(20)21/h2-7,23H,8H2,1H3,(H,16,20,21). The van der Waals surface area contributed by atoms with Gasteiger partial charge in [0.05, 0.1) is 23.3 Å². The van der Waals surface area contributed by atoms with Crippen LogP contribution in [0.2, 0.25) is 5.02 Å². The number of aromatic nitrogens is 3. The minimum absolute atomic E-state index is 0.188. The molecule has 0 aliphatic heterocycles. The molecule has 7 nitrogen and oxygen atoms in total. The quantitative estimate of drug-likeness (QED) is 0.682. The summed E-state index contributed by atoms with van der Waals surface area (Å²) in [4.78, 5) is 0. The Balaban J connectivity index is 1.98. The first-order chi connectivity index (χ1) is 11.1. The number of fused-ring (bicyclic) bond motifs is 1. The number of hydrogen-bond acceptors (Lipinski definition) is 5. The molecule has 9 heteroatoms. The van der Waals surface area contributed by atoms with Gasteiger partial charge in [-0.05, 0) is 29.8 Å². The second-order valence-corrected chi connectivity index (χ2v) is 5.97. The molecule has 0 saturated heterocycles. The Kier molecular flexibility index (Phi) is 4.46. The monoisotopic (exact) mass is 352 g/mol. The Labute approximate surface area is 138 Å². The van der Waals surface area contributed by atoms with Gasteiger partial charge >= 0.3 is 0 Å². The van der Waals surface area contributed by atoms with Crippen LogP contribution in [0, 0.1) is 0 Å². The lowest BCUT2D eigenvalue weighted by Gasteiger charge is -2.07. The lowest BCUT2D eigenvalue weighted by Crippen LogP contribution is -2.10. The van der Waals surface area contributed by atoms with Crippen LogP contribution in [0.4, 0.5) is 0 Å². The minimum Gasteiger partial charge on any atom is -0.497 e. The van der Waals surface area contributed by atoms with Gasteiger partial charge in [-0.25, -0.2) is 17.8 Å². The van der Waals surface area contributed by atoms with Gasteiger partial charge in [-0.2, -0.15) is 0 Å². The Morgan fingerprint density at radius 2 is 2.09 bits per heavy atom. The molecule has 0 spiro atoms. The van der Waals surface area contributed by atoms with E-state index in [9.17, 15) is 8.42 Å². The van der Waals surface area contributed by atoms with E-state index in [2.05, 4.69) is 15.0 Å². The van der Waals surface area contributed by atoms with Crippen LogP contribution in [-0.2, 0) is 17.4 Å². The zero-order chi connectivity index (χ0) is 16.4. The van der Waals surface area contributed by atoms with E-state index in [0.29, 0.717) is 22.0 Å². The van der Waals surface area contributed by atoms with Crippen molar-refractivity contribution in [2.75, 3.05) is 7.11 Å². The van der Waals surface area contributed by atoms with Crippen LogP contribution in [-0.4, -0.2) is 30.5 Å². The van der Waals surface area contributed by atoms with Gasteiger partial charge in [-0.1, -0.05) is 22.9 Å². The summed E-state index contributed by atoms with van der Waals surface area (Å²) in [5, 5.41) is 8.68. The van der Waals surface area contributed by atoms with Crippen LogP contribution in [0.3, 0.4) is 0 Å². The van der Waals surface area contributed by atoms with Crippen molar-refractivity contribution < 1.29 is 13.2 Å². The summed E-state index contributed by atoms with van der Waals surface area (Å²) < 4.78 is 30.3. The Hall–Kier alpha value is -2.16. The number of methoxy groups -OCH3 is 1. The maximum Gasteiger partial charge on any atom is 0.201 e. The molecule has 0 bridgehead atoms. The summed E-state index contributed by atoms with van der Waals surface area (Å²) in [6.07, 6.45) is 0. The molecule has 0 aliphatic carbocycles. The molecule has 0 saturated carbocycles. The van der Waals surface area contributed by atoms with Crippen LogP contribution in [0.25, 0.3) is 16.7 Å². The number of rotatable bonds is 5. The van der Waals surface area contributed by atoms with Crippen molar-refractivity contribution in [2.24, 2.45) is 0 Å². The van der Waals surface area contributed by atoms with E-state index in [1.807, 2.05) is 12.1 Å². The lowest BCUT2D eigenvalue weighted by atomic mass is 10.2. The SMILES string of the molecule is COc1ccc2c(c1)nnn2-c1ccc(CN[SH](=O)=O)cc1Cl. The highest BCUT2D eigenvalue weighted by Gasteiger charge is 2.11. The van der Waals surface area contributed by atoms with Gasteiger partial charge in [-0.15, -0.1) is 5.10 Å². The number of thiol groups is 1. The third-order valence-electron chi connectivity index (χ3n) is 3.31. The topological polar surface area (TPSA) is 86.1 Å². The highest BCUT2D eigenvalue weighted by molar-refractivity contribution is 7.70. The van der Waals surface area contributed by atoms with Crippen molar-refractivity contribution >= 4 is 33.5 Å². The van der Waals surface area contributed by atoms with Crippen molar-refractivity contribution in [3.63, 3.8) is 0 Å². The molecule has 1 aromatic heterocycles. The smallest absolute Gasteiger partial charge is 0.201 e. The van der Waals surface area contributed by atoms with Gasteiger partial charge < -0.3 is 4.74 Å². The molecule has 3 rings (SSSR count). The summed E-state index contributed by atoms with van der Waals surface area (Å²) in [7, 11) is -1.05. The van der Waals surface area contributed by atoms with Crippen molar-refractivity contribution in [3.05, 3.63) is 47.0 Å². The van der Waals surface area contributed by atoms with Crippen molar-refractivity contribution in [1.82, 2.24) is 19.7 Å². The second-order valence-electron chi connectivity index (χ2n) is 4.73. The van der Waals surface area contributed by atoms with Gasteiger partial charge in [0.15, 0.2) is 0 Å². The lowest BCUT2D eigenvalue weighted by molar-refractivity contribution is 0.415. The fourth-order valence-electron chi connectivity index (χ4n) is 2.20. The van der Waals surface area contributed by atoms with Gasteiger partial charge in [0.1, 0.15) is 11.3 Å². The number of ether oxygens (including phenoxy) is 1. The molecule has 2 aromatic carbocycles. The van der Waals surface area contributed by atoms with E-state index in [4.69, 9.17) is 16.3 Å². The summed E-state index contributed by atoms with van der Waals surface area (Å²) in [5.74, 6) is 0.698. The van der Waals surface area contributed by atoms with Crippen molar-refractivity contribution in [2.45, 2.75) is 6.54 Å². The molecule has 3 aromatic rings. The summed E-state index contributed by atoms with van der Waals surface area (Å²) in [6, 6.07) is 10.7. The molecule has 1 heterocycles. The van der Waals surface area contributed by atoms with Gasteiger partial charge in [-0.3, -0.25) is 0 Å². The largest absolute Gasteiger partial charge is 0.497 e. The maximum absolute atomic E-state index is 10.6. The molecule has 23 heavy (non-hydrogen) atoms. The molecule has 0 amide bonds. The van der Waals surface area contributed by atoms with Gasteiger partial charge in [0, 0.05) is 12.6 Å². The van der Waals surface area contributed by atoms with E-state index in [0.717, 1.165) is 11.1 Å². The molecular weight excluding hydrogens is 340 g/mol. The van der Waals surface area contributed by atoms with Gasteiger partial charge in [0.2, 0.25) is 10.9 Å². The molecular formula is C14H13ClN4O3S. The first-order valence-electron chi connectivity index (χ1n) is 6.64. The summed E-state index contributed by atoms with van der Waals surface area (Å²) >= 11 is 6.30. The highest BCUT2D eigenvalue weighted by Crippen LogP contribution is 2.26. The van der Waals surface area contributed by atoms with Crippen LogP contribution < -0.4 is 9.46 Å². The molecule has 0 atom stereocenters. The number of nitrogens with one attached hydrogen (secondary N) is 1. The Bertz CT molecular complexity index is 931. The van der Waals surface area contributed by atoms with Crippen molar-refractivity contribution in [3.8, 4) is 11.4 Å². The average molecular weight is 353 g/mol. The van der Waals surface area contributed by atoms with E-state index in [1.54, 1.807) is 36.1 Å². The number of benzene rings is 2. The van der Waals surface area contributed by atoms with Gasteiger partial charge in [0.25, 0.3) is 0 Å². The number of hydrogen-bond donors (Lipinski definition) is 2. The average Bonchev–Trinajstić information content (AvgIpc) is 2.95. The van der Waals surface area contributed by atoms with Crippen LogP contribution >= 0.6 is 11.6 Å². The number of halogens is 1. The third kappa shape index (κ3) is 3.29. The Morgan fingerprint density at radius 1 is 1.26 bits per heavy atom. The normalized spacial score (nSPS) is 11.3. The van der Waals surface area contributed by atoms with E-state index in [1.165, 1.54) is 0 Å². The minimum atomic E-state index is -2.64. The van der Waals surface area contributed by atoms with E-state index < -0.39 is 10.9 Å². The maximum atomic E-state index is 10.6. The fraction of sp³-hybridized carbons (Fsp3) is 0.143. The second kappa shape index (κ2) is 6.53. The third-order valence-corrected chi connectivity index (χ3v) is 4.02. The predicted molar refractivity (Wildman–Crippen MR) is 87.6 cm³/mol. The molecule has 0 unspecified atom stereocenters. The fourth-order valence-corrected chi connectivity index (χ4v) is 2.79. The van der Waals surface area contributed by atoms with Crippen LogP contribution in [0.5, 0.6) is 5.75 Å². The van der Waals surface area contributed by atoms with E-state index in [-0.39, 0.29) is 6.54 Å². The first-order valence-corrected chi connectivity index (χ1v) is 8.20. The van der Waals surface area contributed by atoms with Crippen LogP contribution in [0.1, 0.15) is 5.56 Å². The molecule has 0 radical (unpaired) electrons. The zero-order valence-electron chi connectivity index (χ0n) is 12.1. The first kappa shape index (κ1) is 15.7. The Morgan fingerprint density at radius 3 is 2.78 bits per heavy atom. The van der Waals surface area contributed by atoms with E-state index >= 15 is 0 Å². The molecule has 120 valence electrons. The zero-order valence-corrected chi connectivity index (χ0v) is 13.7. The molecule has 0 aliphatic rings.